The van der Waals surface area contributed by atoms with Crippen LogP contribution in [-0.4, -0.2) is 35.8 Å². The van der Waals surface area contributed by atoms with E-state index in [1.807, 2.05) is 63.2 Å². The lowest BCUT2D eigenvalue weighted by Crippen LogP contribution is -2.57. The zero-order valence-electron chi connectivity index (χ0n) is 15.2. The van der Waals surface area contributed by atoms with Gasteiger partial charge in [-0.3, -0.25) is 9.59 Å². The van der Waals surface area contributed by atoms with Crippen molar-refractivity contribution in [2.24, 2.45) is 0 Å². The topological polar surface area (TPSA) is 40.6 Å². The van der Waals surface area contributed by atoms with Gasteiger partial charge in [0.15, 0.2) is 0 Å². The molecule has 3 rings (SSSR count). The Morgan fingerprint density at radius 3 is 2.44 bits per heavy atom. The highest BCUT2D eigenvalue weighted by molar-refractivity contribution is 6.03. The van der Waals surface area contributed by atoms with Gasteiger partial charge in [-0.1, -0.05) is 23.8 Å². The van der Waals surface area contributed by atoms with Gasteiger partial charge in [-0.15, -0.1) is 0 Å². The Bertz CT molecular complexity index is 828. The molecule has 0 saturated carbocycles. The van der Waals surface area contributed by atoms with E-state index in [1.165, 1.54) is 5.56 Å². The molecule has 0 radical (unpaired) electrons. The Kier molecular flexibility index (Phi) is 4.62. The van der Waals surface area contributed by atoms with E-state index < -0.39 is 6.04 Å². The monoisotopic (exact) mass is 336 g/mol. The highest BCUT2D eigenvalue weighted by Gasteiger charge is 2.35. The summed E-state index contributed by atoms with van der Waals surface area (Å²) < 4.78 is 0. The summed E-state index contributed by atoms with van der Waals surface area (Å²) in [6.07, 6.45) is 0. The summed E-state index contributed by atoms with van der Waals surface area (Å²) in [6.45, 7) is 8.92. The summed E-state index contributed by atoms with van der Waals surface area (Å²) in [7, 11) is 0. The van der Waals surface area contributed by atoms with Crippen molar-refractivity contribution in [1.82, 2.24) is 4.90 Å². The number of benzene rings is 2. The average molecular weight is 336 g/mol. The maximum atomic E-state index is 12.9. The maximum absolute atomic E-state index is 12.9. The van der Waals surface area contributed by atoms with Crippen molar-refractivity contribution < 1.29 is 9.59 Å². The van der Waals surface area contributed by atoms with Crippen LogP contribution in [0.25, 0.3) is 0 Å². The molecule has 1 aliphatic rings. The van der Waals surface area contributed by atoms with Crippen molar-refractivity contribution in [2.75, 3.05) is 18.0 Å². The number of rotatable bonds is 2. The number of carbonyl (C=O) groups excluding carboxylic acids is 2. The van der Waals surface area contributed by atoms with Gasteiger partial charge in [0.1, 0.15) is 6.04 Å². The zero-order valence-corrected chi connectivity index (χ0v) is 15.2. The van der Waals surface area contributed by atoms with Crippen LogP contribution in [0.1, 0.15) is 34.0 Å². The Morgan fingerprint density at radius 1 is 1.00 bits per heavy atom. The molecule has 0 spiro atoms. The average Bonchev–Trinajstić information content (AvgIpc) is 2.59. The Morgan fingerprint density at radius 2 is 1.76 bits per heavy atom. The SMILES string of the molecule is Cc1cccc(C(=O)N2CCN(c3ccc(C)c(C)c3)C(=O)[C@H]2C)c1. The molecule has 2 aromatic rings. The molecule has 0 aliphatic carbocycles. The molecule has 4 nitrogen and oxygen atoms in total. The second-order valence-corrected chi connectivity index (χ2v) is 6.80. The lowest BCUT2D eigenvalue weighted by atomic mass is 10.1. The molecule has 130 valence electrons. The lowest BCUT2D eigenvalue weighted by molar-refractivity contribution is -0.124. The predicted molar refractivity (Wildman–Crippen MR) is 99.9 cm³/mol. The van der Waals surface area contributed by atoms with Crippen molar-refractivity contribution in [3.05, 3.63) is 64.7 Å². The minimum Gasteiger partial charge on any atom is -0.325 e. The van der Waals surface area contributed by atoms with Crippen molar-refractivity contribution in [1.29, 1.82) is 0 Å². The molecule has 2 aromatic carbocycles. The third-order valence-electron chi connectivity index (χ3n) is 4.98. The number of amides is 2. The number of anilines is 1. The van der Waals surface area contributed by atoms with Crippen LogP contribution in [0.15, 0.2) is 42.5 Å². The number of aryl methyl sites for hydroxylation is 3. The summed E-state index contributed by atoms with van der Waals surface area (Å²) in [4.78, 5) is 29.1. The van der Waals surface area contributed by atoms with Crippen LogP contribution in [-0.2, 0) is 4.79 Å². The van der Waals surface area contributed by atoms with Crippen molar-refractivity contribution in [3.8, 4) is 0 Å². The van der Waals surface area contributed by atoms with Crippen LogP contribution in [0.4, 0.5) is 5.69 Å². The van der Waals surface area contributed by atoms with Crippen LogP contribution in [0.5, 0.6) is 0 Å². The van der Waals surface area contributed by atoms with Gasteiger partial charge in [0.2, 0.25) is 5.91 Å². The number of piperazine rings is 1. The molecule has 4 heteroatoms. The van der Waals surface area contributed by atoms with Gasteiger partial charge in [-0.05, 0) is 63.1 Å². The minimum atomic E-state index is -0.469. The molecule has 1 aliphatic heterocycles. The molecule has 2 amide bonds. The number of hydrogen-bond acceptors (Lipinski definition) is 2. The zero-order chi connectivity index (χ0) is 18.1. The summed E-state index contributed by atoms with van der Waals surface area (Å²) in [6, 6.07) is 13.1. The molecular weight excluding hydrogens is 312 g/mol. The fourth-order valence-electron chi connectivity index (χ4n) is 3.24. The fraction of sp³-hybridized carbons (Fsp3) is 0.333. The van der Waals surface area contributed by atoms with E-state index in [-0.39, 0.29) is 11.8 Å². The molecule has 25 heavy (non-hydrogen) atoms. The Labute approximate surface area is 149 Å². The quantitative estimate of drug-likeness (QED) is 0.842. The van der Waals surface area contributed by atoms with Crippen LogP contribution in [0, 0.1) is 20.8 Å². The van der Waals surface area contributed by atoms with Gasteiger partial charge in [-0.25, -0.2) is 0 Å². The van der Waals surface area contributed by atoms with E-state index >= 15 is 0 Å². The third kappa shape index (κ3) is 3.29. The molecule has 0 unspecified atom stereocenters. The van der Waals surface area contributed by atoms with Gasteiger partial charge < -0.3 is 9.80 Å². The Balaban J connectivity index is 1.81. The molecule has 0 bridgehead atoms. The van der Waals surface area contributed by atoms with E-state index in [4.69, 9.17) is 0 Å². The van der Waals surface area contributed by atoms with Gasteiger partial charge >= 0.3 is 0 Å². The number of hydrogen-bond donors (Lipinski definition) is 0. The van der Waals surface area contributed by atoms with Crippen molar-refractivity contribution in [2.45, 2.75) is 33.7 Å². The summed E-state index contributed by atoms with van der Waals surface area (Å²) in [5.74, 6) is -0.111. The standard InChI is InChI=1S/C21H24N2O2/c1-14-6-5-7-18(12-14)21(25)22-10-11-23(20(24)17(22)4)19-9-8-15(2)16(3)13-19/h5-9,12-13,17H,10-11H2,1-4H3/t17-/m1/s1. The second-order valence-electron chi connectivity index (χ2n) is 6.80. The first-order valence-corrected chi connectivity index (χ1v) is 8.65. The van der Waals surface area contributed by atoms with Crippen LogP contribution in [0.2, 0.25) is 0 Å². The van der Waals surface area contributed by atoms with Crippen LogP contribution in [0.3, 0.4) is 0 Å². The summed E-state index contributed by atoms with van der Waals surface area (Å²) in [5, 5.41) is 0. The largest absolute Gasteiger partial charge is 0.325 e. The van der Waals surface area contributed by atoms with E-state index in [0.29, 0.717) is 18.7 Å². The second kappa shape index (κ2) is 6.71. The molecule has 1 fully saturated rings. The number of nitrogens with zero attached hydrogens (tertiary/aromatic N) is 2. The predicted octanol–water partition coefficient (Wildman–Crippen LogP) is 3.49. The van der Waals surface area contributed by atoms with Gasteiger partial charge in [-0.2, -0.15) is 0 Å². The third-order valence-corrected chi connectivity index (χ3v) is 4.98. The number of carbonyl (C=O) groups is 2. The van der Waals surface area contributed by atoms with Gasteiger partial charge in [0.05, 0.1) is 0 Å². The molecular formula is C21H24N2O2. The first kappa shape index (κ1) is 17.2. The molecule has 0 aromatic heterocycles. The van der Waals surface area contributed by atoms with Crippen molar-refractivity contribution in [3.63, 3.8) is 0 Å². The van der Waals surface area contributed by atoms with Crippen LogP contribution < -0.4 is 4.90 Å². The van der Waals surface area contributed by atoms with E-state index in [2.05, 4.69) is 6.92 Å². The van der Waals surface area contributed by atoms with E-state index in [1.54, 1.807) is 9.80 Å². The summed E-state index contributed by atoms with van der Waals surface area (Å²) in [5.41, 5.74) is 4.95. The highest BCUT2D eigenvalue weighted by atomic mass is 16.2. The summed E-state index contributed by atoms with van der Waals surface area (Å²) >= 11 is 0. The normalized spacial score (nSPS) is 17.8. The fourth-order valence-corrected chi connectivity index (χ4v) is 3.24. The Hall–Kier alpha value is -2.62. The van der Waals surface area contributed by atoms with Gasteiger partial charge in [0.25, 0.3) is 5.91 Å². The van der Waals surface area contributed by atoms with Crippen LogP contribution >= 0.6 is 0 Å². The first-order valence-electron chi connectivity index (χ1n) is 8.65. The maximum Gasteiger partial charge on any atom is 0.254 e. The van der Waals surface area contributed by atoms with Gasteiger partial charge in [0, 0.05) is 24.3 Å². The molecule has 1 heterocycles. The molecule has 1 atom stereocenters. The molecule has 0 N–H and O–H groups in total. The minimum absolute atomic E-state index is 0.0319. The van der Waals surface area contributed by atoms with E-state index in [9.17, 15) is 9.59 Å². The highest BCUT2D eigenvalue weighted by Crippen LogP contribution is 2.24. The molecule has 1 saturated heterocycles. The first-order chi connectivity index (χ1) is 11.9. The van der Waals surface area contributed by atoms with E-state index in [0.717, 1.165) is 16.8 Å². The smallest absolute Gasteiger partial charge is 0.254 e. The lowest BCUT2D eigenvalue weighted by Gasteiger charge is -2.39. The van der Waals surface area contributed by atoms with Crippen molar-refractivity contribution >= 4 is 17.5 Å².